The van der Waals surface area contributed by atoms with Crippen LogP contribution in [0, 0.1) is 5.92 Å². The van der Waals surface area contributed by atoms with Crippen molar-refractivity contribution in [3.8, 4) is 5.69 Å². The van der Waals surface area contributed by atoms with Crippen molar-refractivity contribution in [1.29, 1.82) is 0 Å². The fourth-order valence-electron chi connectivity index (χ4n) is 2.00. The molecule has 0 saturated heterocycles. The maximum Gasteiger partial charge on any atom is 0.187 e. The van der Waals surface area contributed by atoms with Crippen LogP contribution in [-0.2, 0) is 6.42 Å². The fourth-order valence-corrected chi connectivity index (χ4v) is 2.00. The van der Waals surface area contributed by atoms with E-state index in [4.69, 9.17) is 0 Å². The van der Waals surface area contributed by atoms with Crippen LogP contribution < -0.4 is 0 Å². The Kier molecular flexibility index (Phi) is 4.10. The third-order valence-corrected chi connectivity index (χ3v) is 3.01. The molecule has 0 spiro atoms. The summed E-state index contributed by atoms with van der Waals surface area (Å²) in [4.78, 5) is 12.2. The zero-order valence-electron chi connectivity index (χ0n) is 11.6. The largest absolute Gasteiger partial charge is 0.292 e. The lowest BCUT2D eigenvalue weighted by Crippen LogP contribution is -2.12. The summed E-state index contributed by atoms with van der Waals surface area (Å²) in [6.45, 7) is 5.87. The molecule has 0 bridgehead atoms. The first-order chi connectivity index (χ1) is 9.15. The second kappa shape index (κ2) is 5.78. The van der Waals surface area contributed by atoms with E-state index >= 15 is 0 Å². The molecule has 0 unspecified atom stereocenters. The Morgan fingerprint density at radius 2 is 1.95 bits per heavy atom. The van der Waals surface area contributed by atoms with Crippen LogP contribution in [0.15, 0.2) is 30.3 Å². The van der Waals surface area contributed by atoms with Gasteiger partial charge < -0.3 is 0 Å². The number of hydrogen-bond donors (Lipinski definition) is 0. The number of benzene rings is 1. The second-order valence-electron chi connectivity index (χ2n) is 4.90. The number of ketones is 1. The molecule has 100 valence electrons. The number of nitrogens with zero attached hydrogens (tertiary/aromatic N) is 3. The molecule has 0 aliphatic rings. The molecule has 1 aromatic carbocycles. The lowest BCUT2D eigenvalue weighted by atomic mass is 10.0. The molecule has 0 amide bonds. The van der Waals surface area contributed by atoms with Gasteiger partial charge in [-0.1, -0.05) is 50.6 Å². The third kappa shape index (κ3) is 2.72. The average molecular weight is 257 g/mol. The predicted octanol–water partition coefficient (Wildman–Crippen LogP) is 3.06. The van der Waals surface area contributed by atoms with Gasteiger partial charge in [-0.05, 0) is 18.6 Å². The maximum absolute atomic E-state index is 12.2. The van der Waals surface area contributed by atoms with Gasteiger partial charge in [0, 0.05) is 5.92 Å². The predicted molar refractivity (Wildman–Crippen MR) is 74.5 cm³/mol. The molecule has 0 aliphatic carbocycles. The summed E-state index contributed by atoms with van der Waals surface area (Å²) in [7, 11) is 0. The van der Waals surface area contributed by atoms with E-state index in [0.29, 0.717) is 5.69 Å². The summed E-state index contributed by atoms with van der Waals surface area (Å²) < 4.78 is 1.78. The van der Waals surface area contributed by atoms with E-state index in [1.54, 1.807) is 4.68 Å². The SMILES string of the molecule is CCCc1c(C(=O)C(C)C)nnn1-c1ccccc1. The Morgan fingerprint density at radius 3 is 2.53 bits per heavy atom. The van der Waals surface area contributed by atoms with Crippen molar-refractivity contribution in [3.05, 3.63) is 41.7 Å². The molecule has 0 N–H and O–H groups in total. The zero-order valence-corrected chi connectivity index (χ0v) is 11.6. The van der Waals surface area contributed by atoms with Crippen molar-refractivity contribution in [1.82, 2.24) is 15.0 Å². The zero-order chi connectivity index (χ0) is 13.8. The Bertz CT molecular complexity index is 558. The van der Waals surface area contributed by atoms with Crippen molar-refractivity contribution >= 4 is 5.78 Å². The Balaban J connectivity index is 2.49. The number of hydrogen-bond acceptors (Lipinski definition) is 3. The molecule has 19 heavy (non-hydrogen) atoms. The normalized spacial score (nSPS) is 10.9. The first-order valence-electron chi connectivity index (χ1n) is 6.69. The van der Waals surface area contributed by atoms with Crippen molar-refractivity contribution in [3.63, 3.8) is 0 Å². The molecule has 2 aromatic rings. The summed E-state index contributed by atoms with van der Waals surface area (Å²) in [5.74, 6) is 0.00200. The van der Waals surface area contributed by atoms with Gasteiger partial charge in [-0.2, -0.15) is 0 Å². The molecule has 0 atom stereocenters. The first kappa shape index (κ1) is 13.5. The quantitative estimate of drug-likeness (QED) is 0.773. The summed E-state index contributed by atoms with van der Waals surface area (Å²) >= 11 is 0. The monoisotopic (exact) mass is 257 g/mol. The van der Waals surface area contributed by atoms with Crippen molar-refractivity contribution in [2.75, 3.05) is 0 Å². The number of rotatable bonds is 5. The molecule has 0 fully saturated rings. The van der Waals surface area contributed by atoms with E-state index in [1.165, 1.54) is 0 Å². The highest BCUT2D eigenvalue weighted by molar-refractivity contribution is 5.96. The minimum absolute atomic E-state index is 0.0588. The molecule has 4 nitrogen and oxygen atoms in total. The lowest BCUT2D eigenvalue weighted by molar-refractivity contribution is 0.0933. The molecule has 2 rings (SSSR count). The van der Waals surface area contributed by atoms with Crippen molar-refractivity contribution in [2.45, 2.75) is 33.6 Å². The summed E-state index contributed by atoms with van der Waals surface area (Å²) in [5.41, 5.74) is 2.37. The maximum atomic E-state index is 12.2. The fraction of sp³-hybridized carbons (Fsp3) is 0.400. The van der Waals surface area contributed by atoms with Gasteiger partial charge in [0.25, 0.3) is 0 Å². The molecule has 1 heterocycles. The van der Waals surface area contributed by atoms with E-state index < -0.39 is 0 Å². The highest BCUT2D eigenvalue weighted by Gasteiger charge is 2.21. The number of Topliss-reactive ketones (excluding diaryl/α,β-unsaturated/α-hetero) is 1. The van der Waals surface area contributed by atoms with Gasteiger partial charge >= 0.3 is 0 Å². The molecule has 0 aliphatic heterocycles. The van der Waals surface area contributed by atoms with Crippen molar-refractivity contribution in [2.24, 2.45) is 5.92 Å². The van der Waals surface area contributed by atoms with Gasteiger partial charge in [0.15, 0.2) is 11.5 Å². The topological polar surface area (TPSA) is 47.8 Å². The Labute approximate surface area is 113 Å². The van der Waals surface area contributed by atoms with Crippen LogP contribution in [-0.4, -0.2) is 20.8 Å². The third-order valence-electron chi connectivity index (χ3n) is 3.01. The molecule has 1 aromatic heterocycles. The number of aromatic nitrogens is 3. The lowest BCUT2D eigenvalue weighted by Gasteiger charge is -2.07. The first-order valence-corrected chi connectivity index (χ1v) is 6.69. The van der Waals surface area contributed by atoms with Crippen LogP contribution in [0.2, 0.25) is 0 Å². The van der Waals surface area contributed by atoms with E-state index in [1.807, 2.05) is 44.2 Å². The minimum atomic E-state index is -0.0588. The smallest absolute Gasteiger partial charge is 0.187 e. The molecule has 0 saturated carbocycles. The number of para-hydroxylation sites is 1. The average Bonchev–Trinajstić information content (AvgIpc) is 2.83. The van der Waals surface area contributed by atoms with Gasteiger partial charge in [0.05, 0.1) is 11.4 Å². The summed E-state index contributed by atoms with van der Waals surface area (Å²) in [6.07, 6.45) is 1.76. The van der Waals surface area contributed by atoms with Gasteiger partial charge in [-0.25, -0.2) is 4.68 Å². The Hall–Kier alpha value is -1.97. The Morgan fingerprint density at radius 1 is 1.26 bits per heavy atom. The molecule has 4 heteroatoms. The van der Waals surface area contributed by atoms with Crippen molar-refractivity contribution < 1.29 is 4.79 Å². The van der Waals surface area contributed by atoms with E-state index in [-0.39, 0.29) is 11.7 Å². The highest BCUT2D eigenvalue weighted by Crippen LogP contribution is 2.17. The van der Waals surface area contributed by atoms with Crippen LogP contribution in [0.4, 0.5) is 0 Å². The van der Waals surface area contributed by atoms with Crippen LogP contribution in [0.3, 0.4) is 0 Å². The van der Waals surface area contributed by atoms with Gasteiger partial charge in [-0.3, -0.25) is 4.79 Å². The number of carbonyl (C=O) groups is 1. The molecule has 0 radical (unpaired) electrons. The van der Waals surface area contributed by atoms with Crippen LogP contribution in [0.5, 0.6) is 0 Å². The van der Waals surface area contributed by atoms with E-state index in [0.717, 1.165) is 24.2 Å². The molecular weight excluding hydrogens is 238 g/mol. The van der Waals surface area contributed by atoms with E-state index in [9.17, 15) is 4.79 Å². The minimum Gasteiger partial charge on any atom is -0.292 e. The standard InChI is InChI=1S/C15H19N3O/c1-4-8-13-14(15(19)11(2)3)16-17-18(13)12-9-6-5-7-10-12/h5-7,9-11H,4,8H2,1-3H3. The van der Waals surface area contributed by atoms with Crippen LogP contribution in [0.25, 0.3) is 5.69 Å². The summed E-state index contributed by atoms with van der Waals surface area (Å²) in [5, 5.41) is 8.25. The van der Waals surface area contributed by atoms with E-state index in [2.05, 4.69) is 17.2 Å². The number of carbonyl (C=O) groups excluding carboxylic acids is 1. The van der Waals surface area contributed by atoms with Crippen LogP contribution >= 0.6 is 0 Å². The summed E-state index contributed by atoms with van der Waals surface area (Å²) in [6, 6.07) is 9.81. The second-order valence-corrected chi connectivity index (χ2v) is 4.90. The highest BCUT2D eigenvalue weighted by atomic mass is 16.1. The van der Waals surface area contributed by atoms with Gasteiger partial charge in [0.2, 0.25) is 0 Å². The van der Waals surface area contributed by atoms with Gasteiger partial charge in [0.1, 0.15) is 0 Å². The molecular formula is C15H19N3O. The van der Waals surface area contributed by atoms with Gasteiger partial charge in [-0.15, -0.1) is 5.10 Å². The van der Waals surface area contributed by atoms with Crippen LogP contribution in [0.1, 0.15) is 43.4 Å².